The molecule has 31 heavy (non-hydrogen) atoms. The number of para-hydroxylation sites is 1. The standard InChI is InChI=1S/C23H15BrN2O5/c24-16-10-6-14(7-11-16)20-19(21(27)15-8-12-18(13-9-15)26(30)31)22(28)23(29)25(20)17-4-2-1-3-5-17/h1-13,20,27H/t20-/m1/s1. The molecule has 0 unspecified atom stereocenters. The Kier molecular flexibility index (Phi) is 5.39. The molecule has 0 aliphatic carbocycles. The minimum Gasteiger partial charge on any atom is -0.507 e. The lowest BCUT2D eigenvalue weighted by atomic mass is 9.95. The maximum absolute atomic E-state index is 13.0. The highest BCUT2D eigenvalue weighted by Gasteiger charge is 2.46. The summed E-state index contributed by atoms with van der Waals surface area (Å²) in [5.74, 6) is -1.98. The summed E-state index contributed by atoms with van der Waals surface area (Å²) >= 11 is 3.37. The summed E-state index contributed by atoms with van der Waals surface area (Å²) in [4.78, 5) is 37.7. The molecule has 0 radical (unpaired) electrons. The molecule has 0 spiro atoms. The summed E-state index contributed by atoms with van der Waals surface area (Å²) in [7, 11) is 0. The van der Waals surface area contributed by atoms with Gasteiger partial charge >= 0.3 is 0 Å². The number of anilines is 1. The Hall–Kier alpha value is -3.78. The number of nitro groups is 1. The number of carbonyl (C=O) groups excluding carboxylic acids is 2. The lowest BCUT2D eigenvalue weighted by Gasteiger charge is -2.25. The zero-order chi connectivity index (χ0) is 22.1. The number of non-ortho nitro benzene ring substituents is 1. The number of amides is 1. The van der Waals surface area contributed by atoms with Crippen LogP contribution in [0.1, 0.15) is 17.2 Å². The average molecular weight is 479 g/mol. The molecule has 1 heterocycles. The molecule has 1 aliphatic rings. The smallest absolute Gasteiger partial charge is 0.300 e. The number of hydrogen-bond acceptors (Lipinski definition) is 5. The van der Waals surface area contributed by atoms with Crippen LogP contribution in [0.25, 0.3) is 5.76 Å². The van der Waals surface area contributed by atoms with Crippen LogP contribution in [0.4, 0.5) is 11.4 Å². The van der Waals surface area contributed by atoms with Crippen LogP contribution in [-0.4, -0.2) is 21.7 Å². The molecular weight excluding hydrogens is 464 g/mol. The fourth-order valence-corrected chi connectivity index (χ4v) is 3.81. The number of nitrogens with zero attached hydrogens (tertiary/aromatic N) is 2. The number of carbonyl (C=O) groups is 2. The molecule has 1 fully saturated rings. The molecule has 4 rings (SSSR count). The average Bonchev–Trinajstić information content (AvgIpc) is 3.05. The van der Waals surface area contributed by atoms with E-state index >= 15 is 0 Å². The number of ketones is 1. The molecule has 1 N–H and O–H groups in total. The van der Waals surface area contributed by atoms with E-state index in [-0.39, 0.29) is 22.6 Å². The summed E-state index contributed by atoms with van der Waals surface area (Å²) in [5.41, 5.74) is 1.13. The zero-order valence-electron chi connectivity index (χ0n) is 15.9. The SMILES string of the molecule is O=C1C(=O)N(c2ccccc2)[C@H](c2ccc(Br)cc2)C1=C(O)c1ccc([N+](=O)[O-])cc1. The molecule has 3 aromatic rings. The second-order valence-corrected chi connectivity index (χ2v) is 7.78. The van der Waals surface area contributed by atoms with Gasteiger partial charge in [0, 0.05) is 27.9 Å². The third-order valence-electron chi connectivity index (χ3n) is 5.02. The van der Waals surface area contributed by atoms with Gasteiger partial charge in [-0.05, 0) is 42.0 Å². The van der Waals surface area contributed by atoms with Crippen LogP contribution in [0.15, 0.2) is 88.9 Å². The van der Waals surface area contributed by atoms with Crippen molar-refractivity contribution in [3.63, 3.8) is 0 Å². The van der Waals surface area contributed by atoms with E-state index in [9.17, 15) is 24.8 Å². The number of benzene rings is 3. The lowest BCUT2D eigenvalue weighted by molar-refractivity contribution is -0.384. The van der Waals surface area contributed by atoms with Gasteiger partial charge in [-0.2, -0.15) is 0 Å². The Morgan fingerprint density at radius 1 is 0.935 bits per heavy atom. The molecule has 3 aromatic carbocycles. The van der Waals surface area contributed by atoms with Gasteiger partial charge in [0.05, 0.1) is 16.5 Å². The van der Waals surface area contributed by atoms with E-state index in [1.165, 1.54) is 29.2 Å². The van der Waals surface area contributed by atoms with Crippen LogP contribution >= 0.6 is 15.9 Å². The largest absolute Gasteiger partial charge is 0.507 e. The minimum atomic E-state index is -0.856. The van der Waals surface area contributed by atoms with Gasteiger partial charge in [0.25, 0.3) is 17.4 Å². The first kappa shape index (κ1) is 20.5. The molecule has 0 aromatic heterocycles. The van der Waals surface area contributed by atoms with Crippen LogP contribution < -0.4 is 4.90 Å². The van der Waals surface area contributed by atoms with Crippen molar-refractivity contribution in [3.8, 4) is 0 Å². The predicted molar refractivity (Wildman–Crippen MR) is 118 cm³/mol. The monoisotopic (exact) mass is 478 g/mol. The molecular formula is C23H15BrN2O5. The van der Waals surface area contributed by atoms with E-state index in [1.807, 2.05) is 0 Å². The van der Waals surface area contributed by atoms with Gasteiger partial charge in [-0.1, -0.05) is 46.3 Å². The second kappa shape index (κ2) is 8.16. The third kappa shape index (κ3) is 3.73. The van der Waals surface area contributed by atoms with Gasteiger partial charge in [0.15, 0.2) is 0 Å². The maximum Gasteiger partial charge on any atom is 0.300 e. The molecule has 1 amide bonds. The van der Waals surface area contributed by atoms with Crippen molar-refractivity contribution in [2.24, 2.45) is 0 Å². The van der Waals surface area contributed by atoms with Crippen molar-refractivity contribution < 1.29 is 19.6 Å². The summed E-state index contributed by atoms with van der Waals surface area (Å²) in [6.45, 7) is 0. The fourth-order valence-electron chi connectivity index (χ4n) is 3.54. The van der Waals surface area contributed by atoms with Crippen LogP contribution in [0.3, 0.4) is 0 Å². The van der Waals surface area contributed by atoms with E-state index in [1.54, 1.807) is 54.6 Å². The van der Waals surface area contributed by atoms with Gasteiger partial charge in [-0.15, -0.1) is 0 Å². The number of nitro benzene ring substituents is 1. The minimum absolute atomic E-state index is 0.0787. The van der Waals surface area contributed by atoms with Crippen LogP contribution in [-0.2, 0) is 9.59 Å². The number of aliphatic hydroxyl groups excluding tert-OH is 1. The van der Waals surface area contributed by atoms with Crippen molar-refractivity contribution in [2.45, 2.75) is 6.04 Å². The van der Waals surface area contributed by atoms with Gasteiger partial charge < -0.3 is 5.11 Å². The zero-order valence-corrected chi connectivity index (χ0v) is 17.5. The Bertz CT molecular complexity index is 1200. The van der Waals surface area contributed by atoms with Gasteiger partial charge in [0.1, 0.15) is 5.76 Å². The Morgan fingerprint density at radius 3 is 2.13 bits per heavy atom. The van der Waals surface area contributed by atoms with Crippen molar-refractivity contribution >= 4 is 44.8 Å². The number of aliphatic hydroxyl groups is 1. The van der Waals surface area contributed by atoms with E-state index in [2.05, 4.69) is 15.9 Å². The van der Waals surface area contributed by atoms with Gasteiger partial charge in [0.2, 0.25) is 0 Å². The van der Waals surface area contributed by atoms with Crippen molar-refractivity contribution in [2.75, 3.05) is 4.90 Å². The fraction of sp³-hybridized carbons (Fsp3) is 0.0435. The highest BCUT2D eigenvalue weighted by molar-refractivity contribution is 9.10. The third-order valence-corrected chi connectivity index (χ3v) is 5.54. The molecule has 1 atom stereocenters. The van der Waals surface area contributed by atoms with E-state index in [0.717, 1.165) is 4.47 Å². The molecule has 7 nitrogen and oxygen atoms in total. The molecule has 154 valence electrons. The van der Waals surface area contributed by atoms with Crippen LogP contribution in [0.5, 0.6) is 0 Å². The number of halogens is 1. The van der Waals surface area contributed by atoms with Gasteiger partial charge in [-0.25, -0.2) is 0 Å². The molecule has 1 saturated heterocycles. The van der Waals surface area contributed by atoms with Crippen molar-refractivity contribution in [3.05, 3.63) is 110 Å². The first-order valence-corrected chi connectivity index (χ1v) is 10.0. The number of Topliss-reactive ketones (excluding diaryl/α,β-unsaturated/α-hetero) is 1. The lowest BCUT2D eigenvalue weighted by Crippen LogP contribution is -2.29. The predicted octanol–water partition coefficient (Wildman–Crippen LogP) is 4.98. The first-order chi connectivity index (χ1) is 14.9. The number of rotatable bonds is 4. The summed E-state index contributed by atoms with van der Waals surface area (Å²) in [5, 5.41) is 21.9. The Balaban J connectivity index is 1.91. The van der Waals surface area contributed by atoms with Crippen LogP contribution in [0, 0.1) is 10.1 Å². The Labute approximate surface area is 185 Å². The van der Waals surface area contributed by atoms with E-state index in [0.29, 0.717) is 11.3 Å². The molecule has 8 heteroatoms. The normalized spacial score (nSPS) is 17.7. The molecule has 0 bridgehead atoms. The van der Waals surface area contributed by atoms with E-state index < -0.39 is 22.7 Å². The van der Waals surface area contributed by atoms with Crippen LogP contribution in [0.2, 0.25) is 0 Å². The quantitative estimate of drug-likeness (QED) is 0.187. The summed E-state index contributed by atoms with van der Waals surface area (Å²) in [6, 6.07) is 20.1. The Morgan fingerprint density at radius 2 is 1.55 bits per heavy atom. The van der Waals surface area contributed by atoms with Crippen molar-refractivity contribution in [1.29, 1.82) is 0 Å². The summed E-state index contributed by atoms with van der Waals surface area (Å²) < 4.78 is 0.822. The second-order valence-electron chi connectivity index (χ2n) is 6.86. The highest BCUT2D eigenvalue weighted by Crippen LogP contribution is 2.42. The maximum atomic E-state index is 13.0. The van der Waals surface area contributed by atoms with E-state index in [4.69, 9.17) is 0 Å². The molecule has 0 saturated carbocycles. The molecule has 1 aliphatic heterocycles. The number of hydrogen-bond donors (Lipinski definition) is 1. The summed E-state index contributed by atoms with van der Waals surface area (Å²) in [6.07, 6.45) is 0. The van der Waals surface area contributed by atoms with Gasteiger partial charge in [-0.3, -0.25) is 24.6 Å². The topological polar surface area (TPSA) is 101 Å². The first-order valence-electron chi connectivity index (χ1n) is 9.25. The highest BCUT2D eigenvalue weighted by atomic mass is 79.9. The van der Waals surface area contributed by atoms with Crippen molar-refractivity contribution in [1.82, 2.24) is 0 Å².